The number of aryl methyl sites for hydroxylation is 3. The van der Waals surface area contributed by atoms with Crippen LogP contribution in [0.15, 0.2) is 16.7 Å². The average molecular weight is 298 g/mol. The molecule has 0 spiro atoms. The molecule has 3 rings (SSSR count). The van der Waals surface area contributed by atoms with Crippen LogP contribution in [0.4, 0.5) is 0 Å². The molecule has 0 aliphatic carbocycles. The van der Waals surface area contributed by atoms with Gasteiger partial charge < -0.3 is 14.3 Å². The summed E-state index contributed by atoms with van der Waals surface area (Å²) in [6.07, 6.45) is 4.17. The number of fused-ring (bicyclic) bond motifs is 1. The maximum atomic E-state index is 12.2. The summed E-state index contributed by atoms with van der Waals surface area (Å²) in [7, 11) is 0. The lowest BCUT2D eigenvalue weighted by Crippen LogP contribution is -2.31. The lowest BCUT2D eigenvalue weighted by molar-refractivity contribution is 0.0948. The minimum Gasteiger partial charge on any atom is -0.450 e. The Bertz CT molecular complexity index is 751. The van der Waals surface area contributed by atoms with Gasteiger partial charge in [0.1, 0.15) is 17.7 Å². The van der Waals surface area contributed by atoms with Crippen molar-refractivity contribution < 1.29 is 9.21 Å². The van der Waals surface area contributed by atoms with E-state index in [-0.39, 0.29) is 17.6 Å². The molecular weight excluding hydrogens is 280 g/mol. The number of amides is 1. The van der Waals surface area contributed by atoms with Gasteiger partial charge in [-0.3, -0.25) is 4.79 Å². The zero-order valence-corrected chi connectivity index (χ0v) is 12.7. The third kappa shape index (κ3) is 2.62. The molecule has 2 aromatic rings. The van der Waals surface area contributed by atoms with Crippen LogP contribution in [-0.2, 0) is 6.54 Å². The monoisotopic (exact) mass is 298 g/mol. The Morgan fingerprint density at radius 1 is 1.59 bits per heavy atom. The second-order valence-corrected chi connectivity index (χ2v) is 5.68. The molecule has 114 valence electrons. The molecule has 1 aliphatic heterocycles. The van der Waals surface area contributed by atoms with E-state index in [1.165, 1.54) is 6.07 Å². The molecule has 1 amide bonds. The van der Waals surface area contributed by atoms with E-state index in [2.05, 4.69) is 21.1 Å². The molecule has 1 atom stereocenters. The smallest absolute Gasteiger partial charge is 0.254 e. The lowest BCUT2D eigenvalue weighted by atomic mass is 9.99. The van der Waals surface area contributed by atoms with Gasteiger partial charge in [0.15, 0.2) is 0 Å². The van der Waals surface area contributed by atoms with Gasteiger partial charge in [0.25, 0.3) is 5.91 Å². The Kier molecular flexibility index (Phi) is 3.72. The van der Waals surface area contributed by atoms with Crippen LogP contribution in [-0.4, -0.2) is 22.0 Å². The first-order valence-corrected chi connectivity index (χ1v) is 7.41. The molecule has 3 heterocycles. The van der Waals surface area contributed by atoms with Crippen LogP contribution in [0.1, 0.15) is 52.2 Å². The van der Waals surface area contributed by atoms with Crippen molar-refractivity contribution in [2.45, 2.75) is 39.2 Å². The van der Waals surface area contributed by atoms with Crippen molar-refractivity contribution in [3.8, 4) is 6.07 Å². The number of carbonyl (C=O) groups is 1. The molecular formula is C16H18N4O2. The van der Waals surface area contributed by atoms with Gasteiger partial charge in [0.2, 0.25) is 5.76 Å². The maximum Gasteiger partial charge on any atom is 0.254 e. The largest absolute Gasteiger partial charge is 0.450 e. The highest BCUT2D eigenvalue weighted by Crippen LogP contribution is 2.26. The fourth-order valence-electron chi connectivity index (χ4n) is 2.97. The first-order valence-electron chi connectivity index (χ1n) is 7.41. The summed E-state index contributed by atoms with van der Waals surface area (Å²) in [5.41, 5.74) is 1.43. The van der Waals surface area contributed by atoms with Crippen LogP contribution in [0.5, 0.6) is 0 Å². The molecule has 2 aromatic heterocycles. The molecule has 22 heavy (non-hydrogen) atoms. The molecule has 0 saturated carbocycles. The lowest BCUT2D eigenvalue weighted by Gasteiger charge is -2.23. The van der Waals surface area contributed by atoms with Crippen molar-refractivity contribution in [1.29, 1.82) is 5.26 Å². The minimum absolute atomic E-state index is 0.159. The molecule has 6 heteroatoms. The van der Waals surface area contributed by atoms with Crippen molar-refractivity contribution in [2.75, 3.05) is 6.54 Å². The standard InChI is InChI=1S/C16H18N4O2/c1-10-9-20-5-3-4-12(15(20)19-10)8-18-16(21)14-6-13(7-17)22-11(14)2/h6,9,12H,3-5,8H2,1-2H3,(H,18,21)/t12-/m0/s1. The van der Waals surface area contributed by atoms with Gasteiger partial charge >= 0.3 is 0 Å². The summed E-state index contributed by atoms with van der Waals surface area (Å²) in [5, 5.41) is 11.8. The summed E-state index contributed by atoms with van der Waals surface area (Å²) in [6, 6.07) is 3.39. The quantitative estimate of drug-likeness (QED) is 0.942. The SMILES string of the molecule is Cc1cn2c(n1)[C@H](CNC(=O)c1cc(C#N)oc1C)CCC2. The van der Waals surface area contributed by atoms with Crippen LogP contribution >= 0.6 is 0 Å². The molecule has 6 nitrogen and oxygen atoms in total. The first-order chi connectivity index (χ1) is 10.6. The van der Waals surface area contributed by atoms with Gasteiger partial charge in [0.05, 0.1) is 11.3 Å². The summed E-state index contributed by atoms with van der Waals surface area (Å²) >= 11 is 0. The Morgan fingerprint density at radius 3 is 3.14 bits per heavy atom. The second-order valence-electron chi connectivity index (χ2n) is 5.68. The topological polar surface area (TPSA) is 83.9 Å². The number of hydrogen-bond acceptors (Lipinski definition) is 4. The first kappa shape index (κ1) is 14.4. The number of carbonyl (C=O) groups excluding carboxylic acids is 1. The molecule has 1 aliphatic rings. The molecule has 0 aromatic carbocycles. The van der Waals surface area contributed by atoms with Gasteiger partial charge in [-0.15, -0.1) is 0 Å². The highest BCUT2D eigenvalue weighted by atomic mass is 16.3. The van der Waals surface area contributed by atoms with Crippen LogP contribution in [0.3, 0.4) is 0 Å². The van der Waals surface area contributed by atoms with E-state index < -0.39 is 0 Å². The molecule has 0 bridgehead atoms. The third-order valence-corrected chi connectivity index (χ3v) is 4.03. The van der Waals surface area contributed by atoms with Crippen LogP contribution in [0.2, 0.25) is 0 Å². The van der Waals surface area contributed by atoms with Crippen molar-refractivity contribution in [2.24, 2.45) is 0 Å². The zero-order valence-electron chi connectivity index (χ0n) is 12.7. The minimum atomic E-state index is -0.205. The van der Waals surface area contributed by atoms with E-state index in [9.17, 15) is 4.79 Å². The number of nitrogens with one attached hydrogen (secondary N) is 1. The van der Waals surface area contributed by atoms with E-state index >= 15 is 0 Å². The van der Waals surface area contributed by atoms with E-state index in [1.807, 2.05) is 13.0 Å². The van der Waals surface area contributed by atoms with E-state index in [4.69, 9.17) is 9.68 Å². The van der Waals surface area contributed by atoms with Crippen LogP contribution < -0.4 is 5.32 Å². The third-order valence-electron chi connectivity index (χ3n) is 4.03. The highest BCUT2D eigenvalue weighted by molar-refractivity contribution is 5.95. The van der Waals surface area contributed by atoms with E-state index in [1.54, 1.807) is 6.92 Å². The Labute approximate surface area is 128 Å². The Morgan fingerprint density at radius 2 is 2.41 bits per heavy atom. The van der Waals surface area contributed by atoms with Gasteiger partial charge in [-0.1, -0.05) is 0 Å². The Balaban J connectivity index is 1.69. The van der Waals surface area contributed by atoms with Crippen molar-refractivity contribution in [3.05, 3.63) is 40.9 Å². The predicted octanol–water partition coefficient (Wildman–Crippen LogP) is 2.27. The molecule has 0 unspecified atom stereocenters. The van der Waals surface area contributed by atoms with Crippen LogP contribution in [0.25, 0.3) is 0 Å². The fourth-order valence-corrected chi connectivity index (χ4v) is 2.97. The van der Waals surface area contributed by atoms with Gasteiger partial charge in [0, 0.05) is 31.3 Å². The van der Waals surface area contributed by atoms with Crippen molar-refractivity contribution in [3.63, 3.8) is 0 Å². The maximum absolute atomic E-state index is 12.2. The van der Waals surface area contributed by atoms with Gasteiger partial charge in [-0.25, -0.2) is 4.98 Å². The van der Waals surface area contributed by atoms with E-state index in [0.29, 0.717) is 17.9 Å². The van der Waals surface area contributed by atoms with Gasteiger partial charge in [-0.2, -0.15) is 5.26 Å². The highest BCUT2D eigenvalue weighted by Gasteiger charge is 2.24. The zero-order chi connectivity index (χ0) is 15.7. The number of imidazole rings is 1. The molecule has 0 saturated heterocycles. The number of hydrogen-bond donors (Lipinski definition) is 1. The number of furan rings is 1. The summed E-state index contributed by atoms with van der Waals surface area (Å²) < 4.78 is 7.37. The van der Waals surface area contributed by atoms with Crippen LogP contribution in [0, 0.1) is 25.2 Å². The Hall–Kier alpha value is -2.55. The van der Waals surface area contributed by atoms with Crippen molar-refractivity contribution in [1.82, 2.24) is 14.9 Å². The fraction of sp³-hybridized carbons (Fsp3) is 0.438. The number of nitriles is 1. The summed E-state index contributed by atoms with van der Waals surface area (Å²) in [5.74, 6) is 1.70. The summed E-state index contributed by atoms with van der Waals surface area (Å²) in [6.45, 7) is 5.21. The summed E-state index contributed by atoms with van der Waals surface area (Å²) in [4.78, 5) is 16.8. The molecule has 0 radical (unpaired) electrons. The predicted molar refractivity (Wildman–Crippen MR) is 79.4 cm³/mol. The average Bonchev–Trinajstić information content (AvgIpc) is 3.06. The second kappa shape index (κ2) is 5.68. The number of aromatic nitrogens is 2. The number of rotatable bonds is 3. The molecule has 1 N–H and O–H groups in total. The normalized spacial score (nSPS) is 16.9. The van der Waals surface area contributed by atoms with Gasteiger partial charge in [-0.05, 0) is 26.7 Å². The molecule has 0 fully saturated rings. The van der Waals surface area contributed by atoms with Crippen molar-refractivity contribution >= 4 is 5.91 Å². The number of nitrogens with zero attached hydrogens (tertiary/aromatic N) is 3. The van der Waals surface area contributed by atoms with E-state index in [0.717, 1.165) is 30.9 Å².